The first-order chi connectivity index (χ1) is 8.08. The molecule has 92 valence electrons. The monoisotopic (exact) mass is 235 g/mol. The van der Waals surface area contributed by atoms with Gasteiger partial charge in [0.15, 0.2) is 0 Å². The highest BCUT2D eigenvalue weighted by Gasteiger charge is 2.27. The van der Waals surface area contributed by atoms with Gasteiger partial charge in [0, 0.05) is 31.4 Å². The van der Waals surface area contributed by atoms with Crippen LogP contribution in [0.4, 0.5) is 0 Å². The number of amides is 1. The van der Waals surface area contributed by atoms with Crippen LogP contribution >= 0.6 is 0 Å². The van der Waals surface area contributed by atoms with Crippen LogP contribution in [0, 0.1) is 0 Å². The van der Waals surface area contributed by atoms with Gasteiger partial charge in [-0.3, -0.25) is 9.59 Å². The van der Waals surface area contributed by atoms with Gasteiger partial charge in [-0.25, -0.2) is 0 Å². The number of carbonyl (C=O) groups is 1. The van der Waals surface area contributed by atoms with Gasteiger partial charge in [-0.15, -0.1) is 0 Å². The minimum Gasteiger partial charge on any atom is -0.337 e. The maximum atomic E-state index is 12.1. The van der Waals surface area contributed by atoms with Crippen molar-refractivity contribution >= 4 is 5.91 Å². The number of hydrogen-bond donors (Lipinski definition) is 1. The van der Waals surface area contributed by atoms with E-state index in [1.165, 1.54) is 12.3 Å². The Morgan fingerprint density at radius 2 is 2.24 bits per heavy atom. The van der Waals surface area contributed by atoms with E-state index in [1.807, 2.05) is 19.0 Å². The van der Waals surface area contributed by atoms with Gasteiger partial charge in [-0.2, -0.15) is 0 Å². The lowest BCUT2D eigenvalue weighted by atomic mass is 10.2. The molecule has 5 nitrogen and oxygen atoms in total. The van der Waals surface area contributed by atoms with Gasteiger partial charge in [0.1, 0.15) is 0 Å². The third kappa shape index (κ3) is 2.55. The molecule has 1 aliphatic rings. The predicted octanol–water partition coefficient (Wildman–Crippen LogP) is 0.151. The fourth-order valence-corrected chi connectivity index (χ4v) is 2.07. The van der Waals surface area contributed by atoms with Crippen molar-refractivity contribution in [2.45, 2.75) is 12.5 Å². The topological polar surface area (TPSA) is 56.4 Å². The SMILES string of the molecule is CN(C)C1CCN(C(=O)c2ccc(=O)[nH]c2)C1. The molecule has 17 heavy (non-hydrogen) atoms. The van der Waals surface area contributed by atoms with Crippen LogP contribution < -0.4 is 5.56 Å². The summed E-state index contributed by atoms with van der Waals surface area (Å²) in [5, 5.41) is 0. The van der Waals surface area contributed by atoms with Crippen LogP contribution in [0.1, 0.15) is 16.8 Å². The molecule has 2 rings (SSSR count). The summed E-state index contributed by atoms with van der Waals surface area (Å²) in [7, 11) is 4.05. The highest BCUT2D eigenvalue weighted by atomic mass is 16.2. The summed E-state index contributed by atoms with van der Waals surface area (Å²) in [5.41, 5.74) is 0.359. The Labute approximate surface area is 100 Å². The molecule has 1 saturated heterocycles. The van der Waals surface area contributed by atoms with Crippen LogP contribution in [0.3, 0.4) is 0 Å². The molecule has 1 unspecified atom stereocenters. The van der Waals surface area contributed by atoms with Crippen LogP contribution in [-0.4, -0.2) is 53.9 Å². The fourth-order valence-electron chi connectivity index (χ4n) is 2.07. The number of likely N-dealkylation sites (tertiary alicyclic amines) is 1. The molecular formula is C12H17N3O2. The lowest BCUT2D eigenvalue weighted by Crippen LogP contribution is -2.34. The minimum atomic E-state index is -0.186. The molecule has 0 spiro atoms. The van der Waals surface area contributed by atoms with E-state index in [1.54, 1.807) is 6.07 Å². The third-order valence-electron chi connectivity index (χ3n) is 3.21. The van der Waals surface area contributed by atoms with E-state index in [4.69, 9.17) is 0 Å². The molecule has 1 aromatic heterocycles. The summed E-state index contributed by atoms with van der Waals surface area (Å²) in [6.07, 6.45) is 2.48. The van der Waals surface area contributed by atoms with Crippen LogP contribution in [0.5, 0.6) is 0 Å². The van der Waals surface area contributed by atoms with Crippen molar-refractivity contribution < 1.29 is 4.79 Å². The Kier molecular flexibility index (Phi) is 3.28. The van der Waals surface area contributed by atoms with Crippen LogP contribution in [-0.2, 0) is 0 Å². The second-order valence-corrected chi connectivity index (χ2v) is 4.60. The van der Waals surface area contributed by atoms with E-state index >= 15 is 0 Å². The van der Waals surface area contributed by atoms with Crippen molar-refractivity contribution in [2.24, 2.45) is 0 Å². The van der Waals surface area contributed by atoms with Crippen molar-refractivity contribution in [2.75, 3.05) is 27.2 Å². The number of rotatable bonds is 2. The average molecular weight is 235 g/mol. The van der Waals surface area contributed by atoms with Crippen LogP contribution in [0.25, 0.3) is 0 Å². The van der Waals surface area contributed by atoms with Gasteiger partial charge in [-0.05, 0) is 26.6 Å². The number of aromatic amines is 1. The molecule has 0 saturated carbocycles. The summed E-state index contributed by atoms with van der Waals surface area (Å²) >= 11 is 0. The van der Waals surface area contributed by atoms with Crippen molar-refractivity contribution in [3.63, 3.8) is 0 Å². The number of likely N-dealkylation sites (N-methyl/N-ethyl adjacent to an activating group) is 1. The Morgan fingerprint density at radius 1 is 1.47 bits per heavy atom. The molecule has 5 heteroatoms. The Balaban J connectivity index is 2.07. The summed E-state index contributed by atoms with van der Waals surface area (Å²) in [5.74, 6) is -0.00870. The van der Waals surface area contributed by atoms with Gasteiger partial charge < -0.3 is 14.8 Å². The van der Waals surface area contributed by atoms with E-state index in [2.05, 4.69) is 9.88 Å². The highest BCUT2D eigenvalue weighted by molar-refractivity contribution is 5.94. The van der Waals surface area contributed by atoms with Gasteiger partial charge in [-0.1, -0.05) is 0 Å². The number of H-pyrrole nitrogens is 1. The molecule has 0 radical (unpaired) electrons. The minimum absolute atomic E-state index is 0.00870. The molecule has 0 bridgehead atoms. The molecule has 2 heterocycles. The normalized spacial score (nSPS) is 19.9. The number of pyridine rings is 1. The zero-order chi connectivity index (χ0) is 12.4. The lowest BCUT2D eigenvalue weighted by molar-refractivity contribution is 0.0782. The molecule has 0 aliphatic carbocycles. The first-order valence-electron chi connectivity index (χ1n) is 5.72. The zero-order valence-corrected chi connectivity index (χ0v) is 10.1. The number of nitrogens with one attached hydrogen (secondary N) is 1. The lowest BCUT2D eigenvalue weighted by Gasteiger charge is -2.20. The Morgan fingerprint density at radius 3 is 2.76 bits per heavy atom. The van der Waals surface area contributed by atoms with E-state index < -0.39 is 0 Å². The quantitative estimate of drug-likeness (QED) is 0.794. The van der Waals surface area contributed by atoms with Crippen LogP contribution in [0.15, 0.2) is 23.1 Å². The second kappa shape index (κ2) is 4.71. The number of aromatic nitrogens is 1. The van der Waals surface area contributed by atoms with E-state index in [-0.39, 0.29) is 11.5 Å². The fraction of sp³-hybridized carbons (Fsp3) is 0.500. The maximum Gasteiger partial charge on any atom is 0.255 e. The summed E-state index contributed by atoms with van der Waals surface area (Å²) in [4.78, 5) is 29.5. The van der Waals surface area contributed by atoms with Crippen molar-refractivity contribution in [1.29, 1.82) is 0 Å². The van der Waals surface area contributed by atoms with Crippen molar-refractivity contribution in [3.05, 3.63) is 34.2 Å². The van der Waals surface area contributed by atoms with Crippen molar-refractivity contribution in [1.82, 2.24) is 14.8 Å². The first-order valence-corrected chi connectivity index (χ1v) is 5.72. The Hall–Kier alpha value is -1.62. The van der Waals surface area contributed by atoms with Gasteiger partial charge >= 0.3 is 0 Å². The van der Waals surface area contributed by atoms with E-state index in [0.717, 1.165) is 19.5 Å². The maximum absolute atomic E-state index is 12.1. The molecular weight excluding hydrogens is 218 g/mol. The summed E-state index contributed by atoms with van der Waals surface area (Å²) < 4.78 is 0. The molecule has 1 fully saturated rings. The highest BCUT2D eigenvalue weighted by Crippen LogP contribution is 2.15. The molecule has 1 aliphatic heterocycles. The average Bonchev–Trinajstić information content (AvgIpc) is 2.78. The van der Waals surface area contributed by atoms with Gasteiger partial charge in [0.05, 0.1) is 5.56 Å². The molecule has 1 N–H and O–H groups in total. The summed E-state index contributed by atoms with van der Waals surface area (Å²) in [6, 6.07) is 3.39. The van der Waals surface area contributed by atoms with Gasteiger partial charge in [0.25, 0.3) is 5.91 Å². The van der Waals surface area contributed by atoms with E-state index in [9.17, 15) is 9.59 Å². The molecule has 0 aromatic carbocycles. The first kappa shape index (κ1) is 11.9. The molecule has 1 atom stereocenters. The zero-order valence-electron chi connectivity index (χ0n) is 10.1. The van der Waals surface area contributed by atoms with Gasteiger partial charge in [0.2, 0.25) is 5.56 Å². The van der Waals surface area contributed by atoms with E-state index in [0.29, 0.717) is 11.6 Å². The number of nitrogens with zero attached hydrogens (tertiary/aromatic N) is 2. The largest absolute Gasteiger partial charge is 0.337 e. The standard InChI is InChI=1S/C12H17N3O2/c1-14(2)10-5-6-15(8-10)12(17)9-3-4-11(16)13-7-9/h3-4,7,10H,5-6,8H2,1-2H3,(H,13,16). The number of carbonyl (C=O) groups excluding carboxylic acids is 1. The number of hydrogen-bond acceptors (Lipinski definition) is 3. The molecule has 1 aromatic rings. The third-order valence-corrected chi connectivity index (χ3v) is 3.21. The Bertz CT molecular complexity index is 447. The molecule has 1 amide bonds. The predicted molar refractivity (Wildman–Crippen MR) is 65.1 cm³/mol. The van der Waals surface area contributed by atoms with Crippen molar-refractivity contribution in [3.8, 4) is 0 Å². The van der Waals surface area contributed by atoms with Crippen LogP contribution in [0.2, 0.25) is 0 Å². The smallest absolute Gasteiger partial charge is 0.255 e. The second-order valence-electron chi connectivity index (χ2n) is 4.60. The summed E-state index contributed by atoms with van der Waals surface area (Å²) in [6.45, 7) is 1.53.